The van der Waals surface area contributed by atoms with Gasteiger partial charge in [-0.3, -0.25) is 4.79 Å². The highest BCUT2D eigenvalue weighted by atomic mass is 16.7. The molecule has 14 heteroatoms. The van der Waals surface area contributed by atoms with Crippen LogP contribution in [0.4, 0.5) is 0 Å². The number of carbonyl (C=O) groups excluding carboxylic acids is 1. The lowest BCUT2D eigenvalue weighted by atomic mass is 9.72. The van der Waals surface area contributed by atoms with Crippen molar-refractivity contribution >= 4 is 5.97 Å². The number of likely N-dealkylation sites (N-methyl/N-ethyl adjacent to an activating group) is 1. The van der Waals surface area contributed by atoms with E-state index >= 15 is 0 Å². The smallest absolute Gasteiger partial charge is 0.311 e. The molecule has 3 heterocycles. The molecule has 0 aliphatic carbocycles. The number of hydrogen-bond acceptors (Lipinski definition) is 14. The first-order valence-corrected chi connectivity index (χ1v) is 20.2. The monoisotopic (exact) mass is 777 g/mol. The van der Waals surface area contributed by atoms with E-state index in [1.54, 1.807) is 34.6 Å². The van der Waals surface area contributed by atoms with Gasteiger partial charge in [-0.1, -0.05) is 34.6 Å². The van der Waals surface area contributed by atoms with E-state index in [2.05, 4.69) is 5.32 Å². The van der Waals surface area contributed by atoms with Crippen LogP contribution in [0.1, 0.15) is 108 Å². The largest absolute Gasteiger partial charge is 0.459 e. The molecule has 14 nitrogen and oxygen atoms in total. The predicted octanol–water partition coefficient (Wildman–Crippen LogP) is 2.58. The lowest BCUT2D eigenvalue weighted by molar-refractivity contribution is -0.318. The molecule has 3 rings (SSSR count). The second-order valence-electron chi connectivity index (χ2n) is 17.7. The third kappa shape index (κ3) is 10.5. The summed E-state index contributed by atoms with van der Waals surface area (Å²) in [5, 5.41) is 62.6. The molecule has 3 fully saturated rings. The van der Waals surface area contributed by atoms with Crippen molar-refractivity contribution in [3.8, 4) is 0 Å². The third-order valence-electron chi connectivity index (χ3n) is 12.7. The highest BCUT2D eigenvalue weighted by Gasteiger charge is 2.53. The number of carbonyl (C=O) groups is 1. The summed E-state index contributed by atoms with van der Waals surface area (Å²) < 4.78 is 37.7. The second-order valence-corrected chi connectivity index (χ2v) is 17.7. The van der Waals surface area contributed by atoms with Crippen LogP contribution in [0.3, 0.4) is 0 Å². The van der Waals surface area contributed by atoms with E-state index in [0.717, 1.165) is 6.42 Å². The SMILES string of the molecule is CCCN[C@@H]1[C@H](C)[C@@H](O)[C@](C)(O)[C@@H](CC)OC(=O)[C@H](C)[C@@H](O[C@H]2C[C@@](C)(OC)[C@@H](O)[C@H](C)O2)[C@H](C)[C@@H](O[C@@H]2O[C@H](C)C[C@H](N(C)C)[C@H]2O)[C@](C)(O)C[C@H]1C. The Morgan fingerprint density at radius 3 is 2.09 bits per heavy atom. The minimum Gasteiger partial charge on any atom is -0.459 e. The molecule has 3 aliphatic rings. The van der Waals surface area contributed by atoms with Crippen LogP contribution >= 0.6 is 0 Å². The second kappa shape index (κ2) is 19.2. The van der Waals surface area contributed by atoms with Gasteiger partial charge in [0.15, 0.2) is 12.6 Å². The summed E-state index contributed by atoms with van der Waals surface area (Å²) in [6, 6.07) is -0.655. The molecule has 54 heavy (non-hydrogen) atoms. The summed E-state index contributed by atoms with van der Waals surface area (Å²) in [5.74, 6) is -3.25. The Labute approximate surface area is 324 Å². The van der Waals surface area contributed by atoms with Gasteiger partial charge in [-0.25, -0.2) is 0 Å². The minimum atomic E-state index is -1.82. The van der Waals surface area contributed by atoms with E-state index in [1.165, 1.54) is 14.0 Å². The van der Waals surface area contributed by atoms with Crippen LogP contribution in [0.25, 0.3) is 0 Å². The maximum Gasteiger partial charge on any atom is 0.311 e. The van der Waals surface area contributed by atoms with Gasteiger partial charge in [0, 0.05) is 37.5 Å². The van der Waals surface area contributed by atoms with E-state index in [4.69, 9.17) is 28.4 Å². The minimum absolute atomic E-state index is 0.132. The van der Waals surface area contributed by atoms with Gasteiger partial charge in [-0.15, -0.1) is 0 Å². The van der Waals surface area contributed by atoms with Gasteiger partial charge < -0.3 is 64.2 Å². The molecule has 0 aromatic heterocycles. The Morgan fingerprint density at radius 2 is 1.54 bits per heavy atom. The van der Waals surface area contributed by atoms with E-state index in [0.29, 0.717) is 13.0 Å². The summed E-state index contributed by atoms with van der Waals surface area (Å²) in [4.78, 5) is 16.2. The van der Waals surface area contributed by atoms with Crippen LogP contribution in [-0.2, 0) is 33.2 Å². The Kier molecular flexibility index (Phi) is 16.8. The molecule has 6 N–H and O–H groups in total. The van der Waals surface area contributed by atoms with Crippen LogP contribution in [0, 0.1) is 23.7 Å². The highest BCUT2D eigenvalue weighted by molar-refractivity contribution is 5.73. The zero-order chi connectivity index (χ0) is 41.1. The van der Waals surface area contributed by atoms with Crippen LogP contribution in [0.5, 0.6) is 0 Å². The molecule has 0 aromatic rings. The molecule has 0 aromatic carbocycles. The number of hydrogen-bond donors (Lipinski definition) is 6. The number of ether oxygens (including phenoxy) is 6. The summed E-state index contributed by atoms with van der Waals surface area (Å²) >= 11 is 0. The van der Waals surface area contributed by atoms with Crippen molar-refractivity contribution in [2.75, 3.05) is 27.7 Å². The molecule has 0 saturated carbocycles. The molecule has 0 bridgehead atoms. The Balaban J connectivity index is 2.22. The van der Waals surface area contributed by atoms with E-state index in [1.807, 2.05) is 53.6 Å². The van der Waals surface area contributed by atoms with Crippen LogP contribution in [0.15, 0.2) is 0 Å². The van der Waals surface area contributed by atoms with E-state index < -0.39 is 95.8 Å². The normalized spacial score (nSPS) is 49.0. The number of nitrogens with one attached hydrogen (secondary N) is 1. The fourth-order valence-electron chi connectivity index (χ4n) is 9.30. The van der Waals surface area contributed by atoms with Gasteiger partial charge in [0.05, 0.1) is 47.6 Å². The van der Waals surface area contributed by atoms with Gasteiger partial charge >= 0.3 is 5.97 Å². The van der Waals surface area contributed by atoms with Crippen LogP contribution in [-0.4, -0.2) is 154 Å². The first-order valence-electron chi connectivity index (χ1n) is 20.2. The average molecular weight is 777 g/mol. The third-order valence-corrected chi connectivity index (χ3v) is 12.7. The number of cyclic esters (lactones) is 1. The summed E-state index contributed by atoms with van der Waals surface area (Å²) in [6.45, 7) is 20.4. The van der Waals surface area contributed by atoms with Crippen molar-refractivity contribution in [2.45, 2.75) is 199 Å². The zero-order valence-corrected chi connectivity index (χ0v) is 35.5. The molecule has 0 radical (unpaired) electrons. The van der Waals surface area contributed by atoms with Gasteiger partial charge in [-0.2, -0.15) is 0 Å². The fraction of sp³-hybridized carbons (Fsp3) is 0.975. The molecule has 0 unspecified atom stereocenters. The van der Waals surface area contributed by atoms with E-state index in [-0.39, 0.29) is 43.4 Å². The molecular formula is C40H76N2O12. The van der Waals surface area contributed by atoms with Crippen molar-refractivity contribution < 1.29 is 58.7 Å². The van der Waals surface area contributed by atoms with Gasteiger partial charge in [0.2, 0.25) is 0 Å². The Bertz CT molecular complexity index is 1180. The molecule has 0 amide bonds. The topological polar surface area (TPSA) is 189 Å². The molecular weight excluding hydrogens is 700 g/mol. The maximum atomic E-state index is 14.3. The Hall–Kier alpha value is -1.01. The highest BCUT2D eigenvalue weighted by Crippen LogP contribution is 2.41. The number of aliphatic hydroxyl groups is 5. The Morgan fingerprint density at radius 1 is 0.907 bits per heavy atom. The number of esters is 1. The molecule has 318 valence electrons. The van der Waals surface area contributed by atoms with Crippen molar-refractivity contribution in [2.24, 2.45) is 23.7 Å². The van der Waals surface area contributed by atoms with Crippen molar-refractivity contribution in [1.82, 2.24) is 10.2 Å². The predicted molar refractivity (Wildman–Crippen MR) is 203 cm³/mol. The fourth-order valence-corrected chi connectivity index (χ4v) is 9.30. The number of methoxy groups -OCH3 is 1. The van der Waals surface area contributed by atoms with Crippen molar-refractivity contribution in [3.63, 3.8) is 0 Å². The first kappa shape index (κ1) is 47.4. The molecule has 0 spiro atoms. The lowest BCUT2D eigenvalue weighted by Gasteiger charge is -2.49. The first-order chi connectivity index (χ1) is 25.0. The van der Waals surface area contributed by atoms with Crippen LogP contribution in [0.2, 0.25) is 0 Å². The zero-order valence-electron chi connectivity index (χ0n) is 35.5. The van der Waals surface area contributed by atoms with Crippen molar-refractivity contribution in [1.29, 1.82) is 0 Å². The standard InChI is InChI=1S/C40H76N2O12/c1-15-17-41-30-21(3)19-38(9,47)35(54-37-31(43)27(42(12)13)18-22(4)50-37)24(6)32(53-29-20-39(10,49-14)34(45)26(8)51-29)25(7)36(46)52-28(16-2)40(11,48)33(44)23(30)5/h21-35,37,41,43-45,47-48H,15-20H2,1-14H3/t21-,22-,23+,24+,25-,26+,27+,28-,29+,30+,31-,32+,33-,34+,35-,37+,38-,39-,40-/m1/s1. The maximum absolute atomic E-state index is 14.3. The van der Waals surface area contributed by atoms with Gasteiger partial charge in [0.1, 0.15) is 23.9 Å². The summed E-state index contributed by atoms with van der Waals surface area (Å²) in [5.41, 5.74) is -4.46. The van der Waals surface area contributed by atoms with Crippen LogP contribution < -0.4 is 5.32 Å². The summed E-state index contributed by atoms with van der Waals surface area (Å²) in [6.07, 6.45) is -7.54. The number of aliphatic hydroxyl groups excluding tert-OH is 3. The lowest BCUT2D eigenvalue weighted by Crippen LogP contribution is -2.62. The average Bonchev–Trinajstić information content (AvgIpc) is 3.09. The quantitative estimate of drug-likeness (QED) is 0.178. The molecule has 3 aliphatic heterocycles. The summed E-state index contributed by atoms with van der Waals surface area (Å²) in [7, 11) is 5.28. The molecule has 19 atom stereocenters. The molecule has 3 saturated heterocycles. The number of rotatable bonds is 10. The van der Waals surface area contributed by atoms with E-state index in [9.17, 15) is 30.3 Å². The number of nitrogens with zero attached hydrogens (tertiary/aromatic N) is 1. The van der Waals surface area contributed by atoms with Gasteiger partial charge in [0.25, 0.3) is 0 Å². The van der Waals surface area contributed by atoms with Crippen molar-refractivity contribution in [3.05, 3.63) is 0 Å². The van der Waals surface area contributed by atoms with Gasteiger partial charge in [-0.05, 0) is 93.8 Å².